The fraction of sp³-hybridized carbons (Fsp3) is 0.611. The number of benzene rings is 1. The lowest BCUT2D eigenvalue weighted by Gasteiger charge is -2.23. The zero-order chi connectivity index (χ0) is 17.9. The van der Waals surface area contributed by atoms with E-state index in [2.05, 4.69) is 37.8 Å². The normalized spacial score (nSPS) is 13.1. The molecule has 1 heterocycles. The molecule has 1 aromatic heterocycles. The maximum Gasteiger partial charge on any atom is 0.185 e. The molecule has 0 aliphatic rings. The average Bonchev–Trinajstić information content (AvgIpc) is 2.87. The highest BCUT2D eigenvalue weighted by Gasteiger charge is 2.16. The van der Waals surface area contributed by atoms with E-state index in [1.807, 2.05) is 31.1 Å². The molecule has 1 unspecified atom stereocenters. The van der Waals surface area contributed by atoms with Crippen LogP contribution in [0.15, 0.2) is 17.2 Å². The zero-order valence-corrected chi connectivity index (χ0v) is 16.3. The Labute approximate surface area is 148 Å². The number of thiazole rings is 1. The Morgan fingerprint density at radius 1 is 1.33 bits per heavy atom. The summed E-state index contributed by atoms with van der Waals surface area (Å²) in [5, 5.41) is 4.56. The standard InChI is InChI=1S/C18H28N4OS/c1-12(11-18(2,3)4)7-8-23-15-9-14-16(10-13(15)21-19)24-17(20-14)22(5)6/h9-10,12,19H,7-8,11H2,1-6H3. The van der Waals surface area contributed by atoms with Gasteiger partial charge in [0.2, 0.25) is 0 Å². The van der Waals surface area contributed by atoms with Crippen LogP contribution in [0.1, 0.15) is 40.5 Å². The lowest BCUT2D eigenvalue weighted by atomic mass is 9.84. The van der Waals surface area contributed by atoms with Crippen LogP contribution in [0.3, 0.4) is 0 Å². The largest absolute Gasteiger partial charge is 0.491 e. The number of nitrogens with zero attached hydrogens (tertiary/aromatic N) is 3. The molecule has 0 bridgehead atoms. The molecule has 0 aliphatic carbocycles. The third-order valence-corrected chi connectivity index (χ3v) is 4.98. The van der Waals surface area contributed by atoms with Crippen LogP contribution in [0.4, 0.5) is 10.8 Å². The molecule has 1 aromatic carbocycles. The van der Waals surface area contributed by atoms with Gasteiger partial charge in [-0.25, -0.2) is 10.5 Å². The smallest absolute Gasteiger partial charge is 0.185 e. The zero-order valence-electron chi connectivity index (χ0n) is 15.5. The molecule has 6 heteroatoms. The molecule has 1 N–H and O–H groups in total. The average molecular weight is 349 g/mol. The van der Waals surface area contributed by atoms with Gasteiger partial charge in [0.05, 0.1) is 16.8 Å². The number of aromatic nitrogens is 1. The summed E-state index contributed by atoms with van der Waals surface area (Å²) >= 11 is 1.59. The van der Waals surface area contributed by atoms with Crippen LogP contribution in [0.2, 0.25) is 0 Å². The van der Waals surface area contributed by atoms with Gasteiger partial charge in [-0.15, -0.1) is 0 Å². The summed E-state index contributed by atoms with van der Waals surface area (Å²) in [6.07, 6.45) is 2.16. The Morgan fingerprint density at radius 3 is 2.62 bits per heavy atom. The van der Waals surface area contributed by atoms with Crippen molar-refractivity contribution in [2.24, 2.45) is 16.4 Å². The lowest BCUT2D eigenvalue weighted by molar-refractivity contribution is 0.241. The molecule has 2 aromatic rings. The first kappa shape index (κ1) is 18.6. The van der Waals surface area contributed by atoms with Crippen molar-refractivity contribution in [2.45, 2.75) is 40.5 Å². The van der Waals surface area contributed by atoms with Crippen LogP contribution in [0.5, 0.6) is 5.75 Å². The fourth-order valence-corrected chi connectivity index (χ4v) is 3.75. The molecule has 1 atom stereocenters. The number of anilines is 1. The highest BCUT2D eigenvalue weighted by molar-refractivity contribution is 7.22. The van der Waals surface area contributed by atoms with E-state index >= 15 is 0 Å². The molecular formula is C18H28N4OS. The van der Waals surface area contributed by atoms with Crippen LogP contribution in [-0.2, 0) is 0 Å². The third kappa shape index (κ3) is 4.90. The lowest BCUT2D eigenvalue weighted by Crippen LogP contribution is -2.13. The van der Waals surface area contributed by atoms with Gasteiger partial charge in [-0.05, 0) is 30.2 Å². The number of fused-ring (bicyclic) bond motifs is 1. The first-order valence-corrected chi connectivity index (χ1v) is 9.13. The number of hydrogen-bond acceptors (Lipinski definition) is 6. The molecule has 0 saturated carbocycles. The Morgan fingerprint density at radius 2 is 2.04 bits per heavy atom. The predicted molar refractivity (Wildman–Crippen MR) is 102 cm³/mol. The highest BCUT2D eigenvalue weighted by Crippen LogP contribution is 2.37. The van der Waals surface area contributed by atoms with Crippen LogP contribution in [0.25, 0.3) is 10.2 Å². The highest BCUT2D eigenvalue weighted by atomic mass is 32.1. The van der Waals surface area contributed by atoms with Crippen LogP contribution < -0.4 is 9.64 Å². The molecule has 0 spiro atoms. The summed E-state index contributed by atoms with van der Waals surface area (Å²) in [5.74, 6) is 1.25. The van der Waals surface area contributed by atoms with Gasteiger partial charge in [0.1, 0.15) is 11.4 Å². The van der Waals surface area contributed by atoms with E-state index in [-0.39, 0.29) is 0 Å². The van der Waals surface area contributed by atoms with Crippen molar-refractivity contribution >= 4 is 32.4 Å². The van der Waals surface area contributed by atoms with Crippen molar-refractivity contribution in [2.75, 3.05) is 25.6 Å². The van der Waals surface area contributed by atoms with Gasteiger partial charge in [-0.3, -0.25) is 0 Å². The van der Waals surface area contributed by atoms with E-state index in [9.17, 15) is 0 Å². The number of hydrogen-bond donors (Lipinski definition) is 1. The van der Waals surface area contributed by atoms with Crippen LogP contribution in [-0.4, -0.2) is 25.7 Å². The van der Waals surface area contributed by atoms with Gasteiger partial charge < -0.3 is 9.64 Å². The van der Waals surface area contributed by atoms with Gasteiger partial charge in [-0.2, -0.15) is 5.11 Å². The molecule has 24 heavy (non-hydrogen) atoms. The summed E-state index contributed by atoms with van der Waals surface area (Å²) in [4.78, 5) is 6.58. The molecule has 5 nitrogen and oxygen atoms in total. The Bertz CT molecular complexity index is 703. The van der Waals surface area contributed by atoms with Gasteiger partial charge in [0, 0.05) is 20.2 Å². The van der Waals surface area contributed by atoms with E-state index in [0.717, 1.165) is 21.8 Å². The van der Waals surface area contributed by atoms with Crippen LogP contribution in [0, 0.1) is 16.9 Å². The van der Waals surface area contributed by atoms with Gasteiger partial charge in [0.25, 0.3) is 0 Å². The van der Waals surface area contributed by atoms with Gasteiger partial charge in [-0.1, -0.05) is 39.0 Å². The first-order chi connectivity index (χ1) is 11.2. The van der Waals surface area contributed by atoms with Crippen molar-refractivity contribution in [1.82, 2.24) is 4.98 Å². The van der Waals surface area contributed by atoms with E-state index in [0.29, 0.717) is 29.4 Å². The molecule has 0 amide bonds. The second-order valence-corrected chi connectivity index (χ2v) is 8.81. The maximum atomic E-state index is 7.41. The molecule has 0 fully saturated rings. The van der Waals surface area contributed by atoms with Crippen molar-refractivity contribution in [3.63, 3.8) is 0 Å². The van der Waals surface area contributed by atoms with Crippen LogP contribution >= 0.6 is 11.3 Å². The molecule has 0 radical (unpaired) electrons. The number of rotatable bonds is 7. The van der Waals surface area contributed by atoms with E-state index in [1.54, 1.807) is 11.3 Å². The minimum Gasteiger partial charge on any atom is -0.491 e. The van der Waals surface area contributed by atoms with Crippen molar-refractivity contribution < 1.29 is 4.74 Å². The van der Waals surface area contributed by atoms with E-state index < -0.39 is 0 Å². The Hall–Kier alpha value is -1.69. The van der Waals surface area contributed by atoms with Crippen molar-refractivity contribution in [3.05, 3.63) is 12.1 Å². The van der Waals surface area contributed by atoms with E-state index in [1.165, 1.54) is 6.42 Å². The topological polar surface area (TPSA) is 61.6 Å². The first-order valence-electron chi connectivity index (χ1n) is 8.32. The second-order valence-electron chi connectivity index (χ2n) is 7.80. The summed E-state index contributed by atoms with van der Waals surface area (Å²) in [6.45, 7) is 9.69. The number of nitrogens with one attached hydrogen (secondary N) is 1. The minimum atomic E-state index is 0.336. The maximum absolute atomic E-state index is 7.41. The molecule has 0 saturated heterocycles. The van der Waals surface area contributed by atoms with Gasteiger partial charge in [0.15, 0.2) is 5.13 Å². The van der Waals surface area contributed by atoms with Crippen molar-refractivity contribution in [1.29, 1.82) is 5.53 Å². The SMILES string of the molecule is CC(CCOc1cc2nc(N(C)C)sc2cc1N=N)CC(C)(C)C. The summed E-state index contributed by atoms with van der Waals surface area (Å²) in [5.41, 5.74) is 9.21. The van der Waals surface area contributed by atoms with Crippen molar-refractivity contribution in [3.8, 4) is 5.75 Å². The number of ether oxygens (including phenoxy) is 1. The molecule has 132 valence electrons. The quantitative estimate of drug-likeness (QED) is 0.637. The third-order valence-electron chi connectivity index (χ3n) is 3.79. The summed E-state index contributed by atoms with van der Waals surface area (Å²) in [6, 6.07) is 3.79. The monoisotopic (exact) mass is 348 g/mol. The fourth-order valence-electron chi connectivity index (χ4n) is 2.84. The minimum absolute atomic E-state index is 0.336. The van der Waals surface area contributed by atoms with E-state index in [4.69, 9.17) is 10.3 Å². The molecule has 2 rings (SSSR count). The Kier molecular flexibility index (Phi) is 5.80. The summed E-state index contributed by atoms with van der Waals surface area (Å²) < 4.78 is 6.95. The predicted octanol–water partition coefficient (Wildman–Crippen LogP) is 5.87. The molecular weight excluding hydrogens is 320 g/mol. The molecule has 0 aliphatic heterocycles. The summed E-state index contributed by atoms with van der Waals surface area (Å²) in [7, 11) is 3.95. The van der Waals surface area contributed by atoms with Gasteiger partial charge >= 0.3 is 0 Å². The second kappa shape index (κ2) is 7.47. The Balaban J connectivity index is 2.09.